The van der Waals surface area contributed by atoms with Crippen molar-refractivity contribution in [3.63, 3.8) is 0 Å². The molecular formula is C12H26N2O2. The van der Waals surface area contributed by atoms with Gasteiger partial charge in [0.2, 0.25) is 0 Å². The summed E-state index contributed by atoms with van der Waals surface area (Å²) in [6.45, 7) is 8.36. The number of nitrogens with two attached hydrogens (primary N) is 1. The predicted molar refractivity (Wildman–Crippen MR) is 65.3 cm³/mol. The van der Waals surface area contributed by atoms with Gasteiger partial charge in [0.25, 0.3) is 0 Å². The van der Waals surface area contributed by atoms with Crippen LogP contribution in [0.2, 0.25) is 0 Å². The van der Waals surface area contributed by atoms with Gasteiger partial charge in [-0.25, -0.2) is 0 Å². The minimum absolute atomic E-state index is 0.179. The monoisotopic (exact) mass is 230 g/mol. The molecule has 1 aliphatic heterocycles. The van der Waals surface area contributed by atoms with E-state index in [1.807, 2.05) is 13.8 Å². The molecule has 1 rings (SSSR count). The van der Waals surface area contributed by atoms with Crippen LogP contribution in [0.5, 0.6) is 0 Å². The third-order valence-corrected chi connectivity index (χ3v) is 3.42. The molecule has 0 spiro atoms. The molecule has 1 aliphatic rings. The lowest BCUT2D eigenvalue weighted by molar-refractivity contribution is 0.0550. The Bertz CT molecular complexity index is 188. The maximum absolute atomic E-state index is 9.51. The first-order valence-electron chi connectivity index (χ1n) is 6.39. The molecule has 0 aliphatic carbocycles. The van der Waals surface area contributed by atoms with Crippen molar-refractivity contribution in [1.29, 1.82) is 0 Å². The molecule has 1 fully saturated rings. The van der Waals surface area contributed by atoms with Crippen LogP contribution in [0.25, 0.3) is 0 Å². The maximum atomic E-state index is 9.51. The molecule has 0 aromatic carbocycles. The van der Waals surface area contributed by atoms with Gasteiger partial charge in [0, 0.05) is 26.2 Å². The molecule has 4 heteroatoms. The highest BCUT2D eigenvalue weighted by Crippen LogP contribution is 2.19. The lowest BCUT2D eigenvalue weighted by atomic mass is 10.0. The van der Waals surface area contributed by atoms with Crippen molar-refractivity contribution in [1.82, 2.24) is 4.90 Å². The number of hydrogen-bond acceptors (Lipinski definition) is 4. The summed E-state index contributed by atoms with van der Waals surface area (Å²) >= 11 is 0. The Labute approximate surface area is 98.8 Å². The van der Waals surface area contributed by atoms with Gasteiger partial charge in [-0.3, -0.25) is 0 Å². The third-order valence-electron chi connectivity index (χ3n) is 3.42. The number of rotatable bonds is 7. The van der Waals surface area contributed by atoms with Crippen LogP contribution in [0.4, 0.5) is 0 Å². The Morgan fingerprint density at radius 2 is 2.31 bits per heavy atom. The molecule has 0 amide bonds. The van der Waals surface area contributed by atoms with Crippen LogP contribution in [0, 0.1) is 5.92 Å². The van der Waals surface area contributed by atoms with E-state index < -0.39 is 0 Å². The number of aliphatic hydroxyl groups excluding tert-OH is 1. The molecule has 4 nitrogen and oxygen atoms in total. The molecule has 1 saturated heterocycles. The SMILES string of the molecule is CCOC(CN)CCN1CCC(C(C)O)C1. The first-order valence-corrected chi connectivity index (χ1v) is 6.39. The fourth-order valence-electron chi connectivity index (χ4n) is 2.29. The highest BCUT2D eigenvalue weighted by Gasteiger charge is 2.25. The maximum Gasteiger partial charge on any atom is 0.0709 e. The van der Waals surface area contributed by atoms with Gasteiger partial charge in [-0.15, -0.1) is 0 Å². The molecule has 1 heterocycles. The van der Waals surface area contributed by atoms with Gasteiger partial charge < -0.3 is 20.5 Å². The number of ether oxygens (including phenoxy) is 1. The zero-order valence-corrected chi connectivity index (χ0v) is 10.6. The summed E-state index contributed by atoms with van der Waals surface area (Å²) < 4.78 is 5.52. The Morgan fingerprint density at radius 3 is 2.81 bits per heavy atom. The van der Waals surface area contributed by atoms with Crippen LogP contribution in [0.15, 0.2) is 0 Å². The van der Waals surface area contributed by atoms with E-state index in [2.05, 4.69) is 4.90 Å². The van der Waals surface area contributed by atoms with E-state index in [9.17, 15) is 5.11 Å². The van der Waals surface area contributed by atoms with Crippen LogP contribution in [0.3, 0.4) is 0 Å². The summed E-state index contributed by atoms with van der Waals surface area (Å²) in [6.07, 6.45) is 2.12. The van der Waals surface area contributed by atoms with Gasteiger partial charge in [0.1, 0.15) is 0 Å². The van der Waals surface area contributed by atoms with Crippen LogP contribution in [-0.4, -0.2) is 55.0 Å². The summed E-state index contributed by atoms with van der Waals surface area (Å²) in [5.41, 5.74) is 5.64. The second-order valence-electron chi connectivity index (χ2n) is 4.69. The van der Waals surface area contributed by atoms with Crippen molar-refractivity contribution in [2.75, 3.05) is 32.8 Å². The van der Waals surface area contributed by atoms with E-state index >= 15 is 0 Å². The zero-order chi connectivity index (χ0) is 12.0. The second-order valence-corrected chi connectivity index (χ2v) is 4.69. The molecule has 3 atom stereocenters. The molecule has 0 aromatic rings. The number of likely N-dealkylation sites (tertiary alicyclic amines) is 1. The Kier molecular flexibility index (Phi) is 6.28. The minimum atomic E-state index is -0.179. The van der Waals surface area contributed by atoms with Crippen molar-refractivity contribution in [2.24, 2.45) is 11.7 Å². The van der Waals surface area contributed by atoms with Crippen molar-refractivity contribution >= 4 is 0 Å². The second kappa shape index (κ2) is 7.22. The topological polar surface area (TPSA) is 58.7 Å². The molecule has 0 aromatic heterocycles. The largest absolute Gasteiger partial charge is 0.393 e. The van der Waals surface area contributed by atoms with Gasteiger partial charge in [-0.2, -0.15) is 0 Å². The highest BCUT2D eigenvalue weighted by molar-refractivity contribution is 4.79. The van der Waals surface area contributed by atoms with Crippen molar-refractivity contribution in [3.05, 3.63) is 0 Å². The van der Waals surface area contributed by atoms with Crippen molar-refractivity contribution in [2.45, 2.75) is 38.9 Å². The summed E-state index contributed by atoms with van der Waals surface area (Å²) in [5.74, 6) is 0.448. The third kappa shape index (κ3) is 4.37. The molecule has 0 saturated carbocycles. The van der Waals surface area contributed by atoms with E-state index in [0.29, 0.717) is 12.5 Å². The van der Waals surface area contributed by atoms with Gasteiger partial charge in [-0.05, 0) is 39.2 Å². The first-order chi connectivity index (χ1) is 7.67. The van der Waals surface area contributed by atoms with Crippen molar-refractivity contribution in [3.8, 4) is 0 Å². The van der Waals surface area contributed by atoms with E-state index in [0.717, 1.165) is 39.1 Å². The molecule has 3 N–H and O–H groups in total. The number of aliphatic hydroxyl groups is 1. The predicted octanol–water partition coefficient (Wildman–Crippen LogP) is 0.443. The van der Waals surface area contributed by atoms with Crippen LogP contribution >= 0.6 is 0 Å². The smallest absolute Gasteiger partial charge is 0.0709 e. The first kappa shape index (κ1) is 13.9. The molecule has 3 unspecified atom stereocenters. The summed E-state index contributed by atoms with van der Waals surface area (Å²) in [5, 5.41) is 9.51. The summed E-state index contributed by atoms with van der Waals surface area (Å²) in [6, 6.07) is 0. The van der Waals surface area contributed by atoms with Gasteiger partial charge in [0.05, 0.1) is 12.2 Å². The van der Waals surface area contributed by atoms with Crippen LogP contribution in [-0.2, 0) is 4.74 Å². The van der Waals surface area contributed by atoms with E-state index in [-0.39, 0.29) is 12.2 Å². The Hall–Kier alpha value is -0.160. The standard InChI is InChI=1S/C12H26N2O2/c1-3-16-12(8-13)5-7-14-6-4-11(9-14)10(2)15/h10-12,15H,3-9,13H2,1-2H3. The minimum Gasteiger partial charge on any atom is -0.393 e. The lowest BCUT2D eigenvalue weighted by Crippen LogP contribution is -2.31. The lowest BCUT2D eigenvalue weighted by Gasteiger charge is -2.20. The summed E-state index contributed by atoms with van der Waals surface area (Å²) in [7, 11) is 0. The normalized spacial score (nSPS) is 25.9. The average Bonchev–Trinajstić information content (AvgIpc) is 2.73. The molecule has 0 bridgehead atoms. The Morgan fingerprint density at radius 1 is 1.56 bits per heavy atom. The molecule has 16 heavy (non-hydrogen) atoms. The fourth-order valence-corrected chi connectivity index (χ4v) is 2.29. The van der Waals surface area contributed by atoms with Crippen LogP contribution in [0.1, 0.15) is 26.7 Å². The number of nitrogens with zero attached hydrogens (tertiary/aromatic N) is 1. The Balaban J connectivity index is 2.18. The van der Waals surface area contributed by atoms with Gasteiger partial charge >= 0.3 is 0 Å². The quantitative estimate of drug-likeness (QED) is 0.666. The zero-order valence-electron chi connectivity index (χ0n) is 10.6. The summed E-state index contributed by atoms with van der Waals surface area (Å²) in [4.78, 5) is 2.40. The number of hydrogen-bond donors (Lipinski definition) is 2. The highest BCUT2D eigenvalue weighted by atomic mass is 16.5. The molecule has 96 valence electrons. The van der Waals surface area contributed by atoms with E-state index in [1.54, 1.807) is 0 Å². The molecule has 0 radical (unpaired) electrons. The molecular weight excluding hydrogens is 204 g/mol. The van der Waals surface area contributed by atoms with Crippen molar-refractivity contribution < 1.29 is 9.84 Å². The van der Waals surface area contributed by atoms with Crippen LogP contribution < -0.4 is 5.73 Å². The van der Waals surface area contributed by atoms with Gasteiger partial charge in [-0.1, -0.05) is 0 Å². The fraction of sp³-hybridized carbons (Fsp3) is 1.00. The van der Waals surface area contributed by atoms with E-state index in [4.69, 9.17) is 10.5 Å². The van der Waals surface area contributed by atoms with E-state index in [1.165, 1.54) is 0 Å². The van der Waals surface area contributed by atoms with Gasteiger partial charge in [0.15, 0.2) is 0 Å². The average molecular weight is 230 g/mol.